The van der Waals surface area contributed by atoms with Crippen LogP contribution >= 0.6 is 0 Å². The fraction of sp³-hybridized carbons (Fsp3) is 0.533. The monoisotopic (exact) mass is 261 g/mol. The van der Waals surface area contributed by atoms with Gasteiger partial charge in [0.2, 0.25) is 0 Å². The van der Waals surface area contributed by atoms with Crippen LogP contribution in [0.15, 0.2) is 18.2 Å². The van der Waals surface area contributed by atoms with E-state index in [0.29, 0.717) is 26.4 Å². The van der Waals surface area contributed by atoms with Crippen molar-refractivity contribution in [2.45, 2.75) is 19.3 Å². The van der Waals surface area contributed by atoms with Gasteiger partial charge < -0.3 is 15.2 Å². The molecular weight excluding hydrogens is 242 g/mol. The summed E-state index contributed by atoms with van der Waals surface area (Å²) in [5, 5.41) is 0. The third-order valence-corrected chi connectivity index (χ3v) is 4.27. The Labute approximate surface area is 112 Å². The molecule has 102 valence electrons. The van der Waals surface area contributed by atoms with Gasteiger partial charge in [0.05, 0.1) is 12.0 Å². The van der Waals surface area contributed by atoms with Crippen molar-refractivity contribution in [1.82, 2.24) is 0 Å². The van der Waals surface area contributed by atoms with Crippen LogP contribution in [0.3, 0.4) is 0 Å². The number of nitrogens with two attached hydrogens (primary N) is 1. The number of carbonyl (C=O) groups excluding carboxylic acids is 1. The summed E-state index contributed by atoms with van der Waals surface area (Å²) in [7, 11) is 0. The van der Waals surface area contributed by atoms with Gasteiger partial charge in [0, 0.05) is 31.7 Å². The molecule has 1 fully saturated rings. The predicted molar refractivity (Wildman–Crippen MR) is 71.5 cm³/mol. The van der Waals surface area contributed by atoms with Crippen LogP contribution in [0.4, 0.5) is 0 Å². The highest BCUT2D eigenvalue weighted by Crippen LogP contribution is 2.35. The van der Waals surface area contributed by atoms with Gasteiger partial charge in [-0.3, -0.25) is 4.79 Å². The molecule has 1 aromatic carbocycles. The van der Waals surface area contributed by atoms with Gasteiger partial charge in [0.25, 0.3) is 0 Å². The Morgan fingerprint density at radius 3 is 2.79 bits per heavy atom. The van der Waals surface area contributed by atoms with E-state index >= 15 is 0 Å². The molecule has 4 nitrogen and oxygen atoms in total. The molecule has 19 heavy (non-hydrogen) atoms. The lowest BCUT2D eigenvalue weighted by Gasteiger charge is -2.34. The highest BCUT2D eigenvalue weighted by atomic mass is 16.5. The van der Waals surface area contributed by atoms with Crippen molar-refractivity contribution in [3.05, 3.63) is 29.3 Å². The second kappa shape index (κ2) is 4.94. The lowest BCUT2D eigenvalue weighted by Crippen LogP contribution is -2.43. The Balaban J connectivity index is 1.90. The molecule has 2 aliphatic rings. The third-order valence-electron chi connectivity index (χ3n) is 4.27. The fourth-order valence-corrected chi connectivity index (χ4v) is 2.92. The summed E-state index contributed by atoms with van der Waals surface area (Å²) in [4.78, 5) is 12.8. The molecule has 0 saturated carbocycles. The molecule has 0 atom stereocenters. The molecular formula is C15H19NO3. The van der Waals surface area contributed by atoms with Crippen LogP contribution in [-0.4, -0.2) is 32.1 Å². The maximum atomic E-state index is 12.8. The van der Waals surface area contributed by atoms with Crippen LogP contribution in [0.2, 0.25) is 0 Å². The van der Waals surface area contributed by atoms with Gasteiger partial charge in [0.15, 0.2) is 5.78 Å². The van der Waals surface area contributed by atoms with E-state index in [1.807, 2.05) is 18.2 Å². The Bertz CT molecular complexity index is 492. The largest absolute Gasteiger partial charge is 0.493 e. The number of rotatable bonds is 3. The molecule has 0 amide bonds. The zero-order chi connectivity index (χ0) is 13.3. The molecule has 2 N–H and O–H groups in total. The minimum Gasteiger partial charge on any atom is -0.493 e. The first-order valence-electron chi connectivity index (χ1n) is 6.83. The van der Waals surface area contributed by atoms with Gasteiger partial charge in [-0.05, 0) is 36.6 Å². The van der Waals surface area contributed by atoms with Crippen LogP contribution in [0.5, 0.6) is 5.75 Å². The van der Waals surface area contributed by atoms with Crippen molar-refractivity contribution in [3.8, 4) is 5.75 Å². The first-order valence-corrected chi connectivity index (χ1v) is 6.83. The molecule has 0 bridgehead atoms. The minimum absolute atomic E-state index is 0.160. The van der Waals surface area contributed by atoms with Crippen LogP contribution in [-0.2, 0) is 11.2 Å². The summed E-state index contributed by atoms with van der Waals surface area (Å²) >= 11 is 0. The molecule has 0 unspecified atom stereocenters. The topological polar surface area (TPSA) is 61.6 Å². The van der Waals surface area contributed by atoms with Crippen LogP contribution in [0, 0.1) is 5.41 Å². The number of ether oxygens (including phenoxy) is 2. The van der Waals surface area contributed by atoms with E-state index in [4.69, 9.17) is 15.2 Å². The van der Waals surface area contributed by atoms with Crippen LogP contribution in [0.1, 0.15) is 28.8 Å². The van der Waals surface area contributed by atoms with Crippen LogP contribution in [0.25, 0.3) is 0 Å². The summed E-state index contributed by atoms with van der Waals surface area (Å²) in [6.45, 7) is 2.35. The smallest absolute Gasteiger partial charge is 0.170 e. The second-order valence-electron chi connectivity index (χ2n) is 5.35. The molecule has 0 radical (unpaired) electrons. The van der Waals surface area contributed by atoms with Gasteiger partial charge in [-0.1, -0.05) is 0 Å². The second-order valence-corrected chi connectivity index (χ2v) is 5.35. The number of Topliss-reactive ketones (excluding diaryl/α,β-unsaturated/α-hetero) is 1. The summed E-state index contributed by atoms with van der Waals surface area (Å²) in [5.41, 5.74) is 7.34. The zero-order valence-electron chi connectivity index (χ0n) is 11.0. The SMILES string of the molecule is NCC1(C(=O)c2ccc3c(c2)CCO3)CCOCC1. The molecule has 4 heteroatoms. The van der Waals surface area contributed by atoms with E-state index in [9.17, 15) is 4.79 Å². The quantitative estimate of drug-likeness (QED) is 0.839. The van der Waals surface area contributed by atoms with Crippen LogP contribution < -0.4 is 10.5 Å². The highest BCUT2D eigenvalue weighted by molar-refractivity contribution is 6.01. The predicted octanol–water partition coefficient (Wildman–Crippen LogP) is 1.56. The number of carbonyl (C=O) groups is 1. The standard InChI is InChI=1S/C15H19NO3/c16-10-15(4-7-18-8-5-15)14(17)12-1-2-13-11(9-12)3-6-19-13/h1-2,9H,3-8,10,16H2. The van der Waals surface area contributed by atoms with E-state index in [2.05, 4.69) is 0 Å². The first kappa shape index (κ1) is 12.6. The van der Waals surface area contributed by atoms with E-state index in [1.165, 1.54) is 0 Å². The molecule has 0 aliphatic carbocycles. The lowest BCUT2D eigenvalue weighted by molar-refractivity contribution is 0.0200. The van der Waals surface area contributed by atoms with Gasteiger partial charge >= 0.3 is 0 Å². The van der Waals surface area contributed by atoms with Gasteiger partial charge in [-0.15, -0.1) is 0 Å². The van der Waals surface area contributed by atoms with Crippen molar-refractivity contribution in [2.75, 3.05) is 26.4 Å². The van der Waals surface area contributed by atoms with Gasteiger partial charge in [-0.2, -0.15) is 0 Å². The van der Waals surface area contributed by atoms with Gasteiger partial charge in [-0.25, -0.2) is 0 Å². The van der Waals surface area contributed by atoms with Gasteiger partial charge in [0.1, 0.15) is 5.75 Å². The number of hydrogen-bond acceptors (Lipinski definition) is 4. The van der Waals surface area contributed by atoms with Crippen molar-refractivity contribution in [3.63, 3.8) is 0 Å². The number of fused-ring (bicyclic) bond motifs is 1. The molecule has 0 spiro atoms. The van der Waals surface area contributed by atoms with Crippen molar-refractivity contribution in [2.24, 2.45) is 11.1 Å². The summed E-state index contributed by atoms with van der Waals surface area (Å²) in [5.74, 6) is 1.07. The van der Waals surface area contributed by atoms with E-state index in [-0.39, 0.29) is 5.78 Å². The molecule has 0 aromatic heterocycles. The van der Waals surface area contributed by atoms with Crippen molar-refractivity contribution in [1.29, 1.82) is 0 Å². The maximum absolute atomic E-state index is 12.8. The first-order chi connectivity index (χ1) is 9.25. The molecule has 2 heterocycles. The molecule has 1 saturated heterocycles. The highest BCUT2D eigenvalue weighted by Gasteiger charge is 2.39. The molecule has 1 aromatic rings. The Hall–Kier alpha value is -1.39. The Kier molecular flexibility index (Phi) is 3.29. The van der Waals surface area contributed by atoms with E-state index in [1.54, 1.807) is 0 Å². The maximum Gasteiger partial charge on any atom is 0.170 e. The van der Waals surface area contributed by atoms with Crippen molar-refractivity contribution >= 4 is 5.78 Å². The third kappa shape index (κ3) is 2.15. The molecule has 3 rings (SSSR count). The number of benzene rings is 1. The lowest BCUT2D eigenvalue weighted by atomic mass is 9.74. The van der Waals surface area contributed by atoms with Crippen molar-refractivity contribution < 1.29 is 14.3 Å². The Morgan fingerprint density at radius 2 is 2.05 bits per heavy atom. The number of hydrogen-bond donors (Lipinski definition) is 1. The summed E-state index contributed by atoms with van der Waals surface area (Å²) in [6, 6.07) is 5.73. The zero-order valence-corrected chi connectivity index (χ0v) is 11.0. The van der Waals surface area contributed by atoms with E-state index in [0.717, 1.165) is 36.1 Å². The minimum atomic E-state index is -0.439. The normalized spacial score (nSPS) is 20.7. The summed E-state index contributed by atoms with van der Waals surface area (Å²) < 4.78 is 10.8. The summed E-state index contributed by atoms with van der Waals surface area (Å²) in [6.07, 6.45) is 2.32. The average molecular weight is 261 g/mol. The average Bonchev–Trinajstić information content (AvgIpc) is 2.94. The molecule has 2 aliphatic heterocycles. The van der Waals surface area contributed by atoms with E-state index < -0.39 is 5.41 Å². The Morgan fingerprint density at radius 1 is 1.26 bits per heavy atom. The number of ketones is 1. The fourth-order valence-electron chi connectivity index (χ4n) is 2.92.